The fraction of sp³-hybridized carbons (Fsp3) is 0.692. The minimum atomic E-state index is 0.359. The summed E-state index contributed by atoms with van der Waals surface area (Å²) in [5.74, 6) is 0. The quantitative estimate of drug-likeness (QED) is 0.707. The molecule has 0 aromatic carbocycles. The fourth-order valence-electron chi connectivity index (χ4n) is 1.61. The van der Waals surface area contributed by atoms with E-state index in [2.05, 4.69) is 36.7 Å². The summed E-state index contributed by atoms with van der Waals surface area (Å²) in [6.07, 6.45) is 2.42. The van der Waals surface area contributed by atoms with Crippen molar-refractivity contribution in [1.82, 2.24) is 5.32 Å². The van der Waals surface area contributed by atoms with Crippen LogP contribution in [0.3, 0.4) is 0 Å². The van der Waals surface area contributed by atoms with Gasteiger partial charge in [0.2, 0.25) is 0 Å². The standard InChI is InChI=1S/C13H23NOS/c1-13(2,11-14-8-9-15-3)7-6-12-5-4-10-16-12/h4-5,10,14H,6-9,11H2,1-3H3. The summed E-state index contributed by atoms with van der Waals surface area (Å²) in [6.45, 7) is 7.43. The molecule has 0 atom stereocenters. The van der Waals surface area contributed by atoms with E-state index in [0.717, 1.165) is 19.7 Å². The summed E-state index contributed by atoms with van der Waals surface area (Å²) in [7, 11) is 1.74. The van der Waals surface area contributed by atoms with Crippen molar-refractivity contribution in [2.24, 2.45) is 5.41 Å². The Labute approximate surface area is 103 Å². The fourth-order valence-corrected chi connectivity index (χ4v) is 2.31. The van der Waals surface area contributed by atoms with Crippen molar-refractivity contribution in [3.8, 4) is 0 Å². The second-order valence-electron chi connectivity index (χ2n) is 4.91. The molecule has 0 bridgehead atoms. The van der Waals surface area contributed by atoms with Crippen LogP contribution in [0.1, 0.15) is 25.1 Å². The highest BCUT2D eigenvalue weighted by molar-refractivity contribution is 7.09. The van der Waals surface area contributed by atoms with Crippen LogP contribution in [0.4, 0.5) is 0 Å². The van der Waals surface area contributed by atoms with Gasteiger partial charge in [-0.3, -0.25) is 0 Å². The molecule has 0 aliphatic rings. The van der Waals surface area contributed by atoms with Crippen LogP contribution in [0.25, 0.3) is 0 Å². The zero-order valence-electron chi connectivity index (χ0n) is 10.6. The Bertz CT molecular complexity index is 269. The Morgan fingerprint density at radius 2 is 2.25 bits per heavy atom. The number of thiophene rings is 1. The highest BCUT2D eigenvalue weighted by Crippen LogP contribution is 2.23. The van der Waals surface area contributed by atoms with E-state index in [0.29, 0.717) is 5.41 Å². The lowest BCUT2D eigenvalue weighted by atomic mass is 9.87. The molecule has 0 spiro atoms. The third-order valence-electron chi connectivity index (χ3n) is 2.71. The van der Waals surface area contributed by atoms with Gasteiger partial charge in [-0.25, -0.2) is 0 Å². The molecule has 1 aromatic heterocycles. The third kappa shape index (κ3) is 5.64. The van der Waals surface area contributed by atoms with Crippen molar-refractivity contribution in [3.63, 3.8) is 0 Å². The maximum Gasteiger partial charge on any atom is 0.0587 e. The van der Waals surface area contributed by atoms with Crippen LogP contribution < -0.4 is 5.32 Å². The van der Waals surface area contributed by atoms with Crippen LogP contribution in [0.15, 0.2) is 17.5 Å². The maximum absolute atomic E-state index is 5.01. The van der Waals surface area contributed by atoms with E-state index in [4.69, 9.17) is 4.74 Å². The number of rotatable bonds is 8. The topological polar surface area (TPSA) is 21.3 Å². The lowest BCUT2D eigenvalue weighted by Crippen LogP contribution is -2.31. The summed E-state index contributed by atoms with van der Waals surface area (Å²) < 4.78 is 5.01. The SMILES string of the molecule is COCCNCC(C)(C)CCc1cccs1. The first-order valence-electron chi connectivity index (χ1n) is 5.86. The molecule has 0 saturated heterocycles. The zero-order valence-corrected chi connectivity index (χ0v) is 11.4. The van der Waals surface area contributed by atoms with Crippen molar-refractivity contribution in [2.75, 3.05) is 26.8 Å². The molecular formula is C13H23NOS. The van der Waals surface area contributed by atoms with E-state index in [1.165, 1.54) is 17.7 Å². The van der Waals surface area contributed by atoms with Gasteiger partial charge in [0.25, 0.3) is 0 Å². The van der Waals surface area contributed by atoms with Crippen molar-refractivity contribution in [3.05, 3.63) is 22.4 Å². The van der Waals surface area contributed by atoms with Gasteiger partial charge in [-0.05, 0) is 29.7 Å². The Hall–Kier alpha value is -0.380. The molecule has 1 rings (SSSR count). The molecule has 92 valence electrons. The van der Waals surface area contributed by atoms with Gasteiger partial charge in [0.05, 0.1) is 6.61 Å². The summed E-state index contributed by atoms with van der Waals surface area (Å²) in [5.41, 5.74) is 0.359. The van der Waals surface area contributed by atoms with Gasteiger partial charge in [0.1, 0.15) is 0 Å². The first-order valence-corrected chi connectivity index (χ1v) is 6.74. The monoisotopic (exact) mass is 241 g/mol. The average Bonchev–Trinajstić information content (AvgIpc) is 2.75. The molecule has 1 aromatic rings. The molecule has 16 heavy (non-hydrogen) atoms. The Morgan fingerprint density at radius 1 is 1.44 bits per heavy atom. The van der Waals surface area contributed by atoms with Gasteiger partial charge < -0.3 is 10.1 Å². The number of nitrogens with one attached hydrogen (secondary N) is 1. The normalized spacial score (nSPS) is 11.9. The van der Waals surface area contributed by atoms with Crippen molar-refractivity contribution in [1.29, 1.82) is 0 Å². The zero-order chi connectivity index (χ0) is 11.9. The Balaban J connectivity index is 2.17. The van der Waals surface area contributed by atoms with Gasteiger partial charge in [0.15, 0.2) is 0 Å². The Kier molecular flexibility index (Phi) is 6.03. The van der Waals surface area contributed by atoms with Gasteiger partial charge in [-0.1, -0.05) is 19.9 Å². The molecule has 2 nitrogen and oxygen atoms in total. The molecule has 0 aliphatic heterocycles. The van der Waals surface area contributed by atoms with E-state index >= 15 is 0 Å². The van der Waals surface area contributed by atoms with Crippen LogP contribution in [-0.4, -0.2) is 26.8 Å². The highest BCUT2D eigenvalue weighted by Gasteiger charge is 2.17. The van der Waals surface area contributed by atoms with Gasteiger partial charge in [-0.2, -0.15) is 0 Å². The Morgan fingerprint density at radius 3 is 2.88 bits per heavy atom. The molecule has 0 fully saturated rings. The molecule has 3 heteroatoms. The van der Waals surface area contributed by atoms with E-state index < -0.39 is 0 Å². The third-order valence-corrected chi connectivity index (χ3v) is 3.65. The second kappa shape index (κ2) is 7.05. The molecule has 1 N–H and O–H groups in total. The lowest BCUT2D eigenvalue weighted by molar-refractivity contribution is 0.193. The number of aryl methyl sites for hydroxylation is 1. The van der Waals surface area contributed by atoms with Crippen LogP contribution in [0.2, 0.25) is 0 Å². The van der Waals surface area contributed by atoms with E-state index in [-0.39, 0.29) is 0 Å². The summed E-state index contributed by atoms with van der Waals surface area (Å²) >= 11 is 1.86. The van der Waals surface area contributed by atoms with Crippen LogP contribution in [0.5, 0.6) is 0 Å². The second-order valence-corrected chi connectivity index (χ2v) is 5.95. The molecule has 1 heterocycles. The first kappa shape index (κ1) is 13.7. The summed E-state index contributed by atoms with van der Waals surface area (Å²) in [5, 5.41) is 5.59. The van der Waals surface area contributed by atoms with Crippen LogP contribution in [0, 0.1) is 5.41 Å². The minimum Gasteiger partial charge on any atom is -0.383 e. The number of ether oxygens (including phenoxy) is 1. The van der Waals surface area contributed by atoms with Crippen molar-refractivity contribution >= 4 is 11.3 Å². The van der Waals surface area contributed by atoms with Gasteiger partial charge >= 0.3 is 0 Å². The van der Waals surface area contributed by atoms with Gasteiger partial charge in [0, 0.05) is 25.1 Å². The molecule has 0 amide bonds. The molecule has 0 saturated carbocycles. The number of methoxy groups -OCH3 is 1. The predicted octanol–water partition coefficient (Wildman–Crippen LogP) is 2.94. The summed E-state index contributed by atoms with van der Waals surface area (Å²) in [4.78, 5) is 1.49. The minimum absolute atomic E-state index is 0.359. The molecule has 0 radical (unpaired) electrons. The van der Waals surface area contributed by atoms with E-state index in [1.807, 2.05) is 11.3 Å². The maximum atomic E-state index is 5.01. The average molecular weight is 241 g/mol. The molecule has 0 unspecified atom stereocenters. The van der Waals surface area contributed by atoms with E-state index in [9.17, 15) is 0 Å². The molecule has 0 aliphatic carbocycles. The smallest absolute Gasteiger partial charge is 0.0587 e. The largest absolute Gasteiger partial charge is 0.383 e. The van der Waals surface area contributed by atoms with Crippen molar-refractivity contribution in [2.45, 2.75) is 26.7 Å². The predicted molar refractivity (Wildman–Crippen MR) is 71.2 cm³/mol. The first-order chi connectivity index (χ1) is 7.64. The molecular weight excluding hydrogens is 218 g/mol. The summed E-state index contributed by atoms with van der Waals surface area (Å²) in [6, 6.07) is 4.35. The highest BCUT2D eigenvalue weighted by atomic mass is 32.1. The van der Waals surface area contributed by atoms with Crippen molar-refractivity contribution < 1.29 is 4.74 Å². The van der Waals surface area contributed by atoms with Crippen LogP contribution >= 0.6 is 11.3 Å². The number of hydrogen-bond acceptors (Lipinski definition) is 3. The van der Waals surface area contributed by atoms with Crippen LogP contribution in [-0.2, 0) is 11.2 Å². The number of hydrogen-bond donors (Lipinski definition) is 1. The lowest BCUT2D eigenvalue weighted by Gasteiger charge is -2.24. The van der Waals surface area contributed by atoms with Gasteiger partial charge in [-0.15, -0.1) is 11.3 Å². The van der Waals surface area contributed by atoms with E-state index in [1.54, 1.807) is 7.11 Å².